The fourth-order valence-corrected chi connectivity index (χ4v) is 6.80. The van der Waals surface area contributed by atoms with Gasteiger partial charge in [-0.15, -0.1) is 0 Å². The lowest BCUT2D eigenvalue weighted by atomic mass is 10.1. The minimum Gasteiger partial charge on any atom is -0.491 e. The Morgan fingerprint density at radius 3 is 1.98 bits per heavy atom. The van der Waals surface area contributed by atoms with Crippen LogP contribution in [0.1, 0.15) is 84.3 Å². The number of carbonyl (C=O) groups excluding carboxylic acids is 5. The van der Waals surface area contributed by atoms with Crippen LogP contribution in [0, 0.1) is 0 Å². The molecule has 316 valence electrons. The molecule has 19 heteroatoms. The molecule has 18 nitrogen and oxygen atoms in total. The molecule has 2 saturated heterocycles. The Morgan fingerprint density at radius 2 is 1.46 bits per heavy atom. The summed E-state index contributed by atoms with van der Waals surface area (Å²) in [6, 6.07) is 11.6. The zero-order valence-corrected chi connectivity index (χ0v) is 34.9. The standard InChI is InChI=1S/C23H24N6O3.C19H20ClN5O4/c1-13(2)32-18-7-5-16(6-8-18)25-19-11-20(26-17-3-4-17)29-22(27-19)15(12-24-29)9-14-10-21(30)28-23(14)31;1-19(2,3)29-18(28)24(12-4-5-12)15-8-13(20)22-16-11(9-21-25(15)16)6-10-7-14(26)23-17(10)27/h5-9,11-13,17,26H,3-4,10H2,1-2H3,(H,25,27)(H,28,30,31);6,8-9,12H,4-5,7H2,1-3H3,(H,23,26,27)/b14-9+;10-6+. The number of benzene rings is 1. The summed E-state index contributed by atoms with van der Waals surface area (Å²) in [4.78, 5) is 70.3. The van der Waals surface area contributed by atoms with Crippen LogP contribution in [0.25, 0.3) is 23.4 Å². The number of amides is 5. The van der Waals surface area contributed by atoms with Gasteiger partial charge in [0, 0.05) is 52.2 Å². The number of nitrogens with one attached hydrogen (secondary N) is 4. The number of fused-ring (bicyclic) bond motifs is 2. The molecule has 9 rings (SSSR count). The van der Waals surface area contributed by atoms with Crippen molar-refractivity contribution < 1.29 is 33.4 Å². The molecule has 4 N–H and O–H groups in total. The molecule has 1 aromatic carbocycles. The molecule has 0 atom stereocenters. The highest BCUT2D eigenvalue weighted by molar-refractivity contribution is 6.30. The number of halogens is 1. The fourth-order valence-electron chi connectivity index (χ4n) is 6.62. The maximum absolute atomic E-state index is 12.9. The molecule has 4 aliphatic rings. The highest BCUT2D eigenvalue weighted by atomic mass is 35.5. The SMILES string of the molecule is CC(C)(C)OC(=O)N(c1cc(Cl)nc2c(/C=C3\CC(=O)NC3=O)cnn12)C1CC1.CC(C)Oc1ccc(Nc2cc(NC3CC3)n3ncc(/C=C4\CC(=O)NC4=O)c3n2)cc1. The summed E-state index contributed by atoms with van der Waals surface area (Å²) in [5, 5.41) is 20.3. The number of aromatic nitrogens is 6. The van der Waals surface area contributed by atoms with Crippen LogP contribution in [0.3, 0.4) is 0 Å². The monoisotopic (exact) mass is 849 g/mol. The first kappa shape index (κ1) is 40.9. The lowest BCUT2D eigenvalue weighted by molar-refractivity contribution is -0.125. The van der Waals surface area contributed by atoms with Gasteiger partial charge in [-0.3, -0.25) is 34.7 Å². The van der Waals surface area contributed by atoms with Gasteiger partial charge in [0.05, 0.1) is 31.3 Å². The minimum atomic E-state index is -0.651. The fraction of sp³-hybridized carbons (Fsp3) is 0.357. The number of hydrogen-bond acceptors (Lipinski definition) is 13. The number of imide groups is 2. The molecule has 0 unspecified atom stereocenters. The van der Waals surface area contributed by atoms with Crippen LogP contribution < -0.4 is 30.9 Å². The predicted octanol–water partition coefficient (Wildman–Crippen LogP) is 5.98. The summed E-state index contributed by atoms with van der Waals surface area (Å²) >= 11 is 6.24. The molecule has 0 bridgehead atoms. The van der Waals surface area contributed by atoms with E-state index in [-0.39, 0.29) is 47.9 Å². The number of hydrogen-bond donors (Lipinski definition) is 4. The molecule has 0 radical (unpaired) electrons. The van der Waals surface area contributed by atoms with Crippen LogP contribution in [0.15, 0.2) is 59.9 Å². The average molecular weight is 850 g/mol. The van der Waals surface area contributed by atoms with Crippen LogP contribution in [0.4, 0.5) is 27.9 Å². The van der Waals surface area contributed by atoms with Crippen molar-refractivity contribution in [2.45, 2.75) is 96.9 Å². The van der Waals surface area contributed by atoms with Crippen molar-refractivity contribution in [3.63, 3.8) is 0 Å². The number of nitrogens with zero attached hydrogens (tertiary/aromatic N) is 7. The largest absolute Gasteiger partial charge is 0.491 e. The highest BCUT2D eigenvalue weighted by Crippen LogP contribution is 2.35. The lowest BCUT2D eigenvalue weighted by Crippen LogP contribution is -2.39. The van der Waals surface area contributed by atoms with Crippen molar-refractivity contribution in [1.82, 2.24) is 39.8 Å². The second kappa shape index (κ2) is 16.3. The maximum atomic E-state index is 12.9. The number of rotatable bonds is 10. The molecule has 5 amide bonds. The predicted molar refractivity (Wildman–Crippen MR) is 226 cm³/mol. The lowest BCUT2D eigenvalue weighted by Gasteiger charge is -2.27. The smallest absolute Gasteiger partial charge is 0.416 e. The van der Waals surface area contributed by atoms with E-state index in [0.29, 0.717) is 51.2 Å². The number of ether oxygens (including phenoxy) is 2. The molecule has 4 aromatic heterocycles. The van der Waals surface area contributed by atoms with Gasteiger partial charge in [-0.25, -0.2) is 14.8 Å². The van der Waals surface area contributed by atoms with E-state index in [4.69, 9.17) is 26.1 Å². The van der Waals surface area contributed by atoms with Crippen molar-refractivity contribution in [3.05, 3.63) is 76.2 Å². The molecule has 4 fully saturated rings. The van der Waals surface area contributed by atoms with Gasteiger partial charge < -0.3 is 20.1 Å². The topological polar surface area (TPSA) is 216 Å². The summed E-state index contributed by atoms with van der Waals surface area (Å²) in [5.41, 5.74) is 3.11. The molecule has 5 aromatic rings. The van der Waals surface area contributed by atoms with Crippen molar-refractivity contribution >= 4 is 87.9 Å². The van der Waals surface area contributed by atoms with Gasteiger partial charge in [-0.1, -0.05) is 11.6 Å². The van der Waals surface area contributed by atoms with Crippen molar-refractivity contribution in [1.29, 1.82) is 0 Å². The normalized spacial score (nSPS) is 17.8. The van der Waals surface area contributed by atoms with E-state index in [1.807, 2.05) is 44.2 Å². The molecule has 2 saturated carbocycles. The Kier molecular flexibility index (Phi) is 11.0. The van der Waals surface area contributed by atoms with Gasteiger partial charge in [0.25, 0.3) is 11.8 Å². The van der Waals surface area contributed by atoms with Crippen LogP contribution in [-0.2, 0) is 23.9 Å². The van der Waals surface area contributed by atoms with E-state index >= 15 is 0 Å². The second-order valence-corrected chi connectivity index (χ2v) is 16.8. The molecule has 2 aliphatic heterocycles. The number of anilines is 4. The van der Waals surface area contributed by atoms with E-state index in [9.17, 15) is 24.0 Å². The van der Waals surface area contributed by atoms with Crippen LogP contribution in [-0.4, -0.2) is 82.7 Å². The first-order valence-corrected chi connectivity index (χ1v) is 20.3. The quantitative estimate of drug-likeness (QED) is 0.0724. The summed E-state index contributed by atoms with van der Waals surface area (Å²) in [6.45, 7) is 9.39. The van der Waals surface area contributed by atoms with E-state index in [2.05, 4.69) is 36.4 Å². The molecule has 2 aliphatic carbocycles. The van der Waals surface area contributed by atoms with Crippen molar-refractivity contribution in [3.8, 4) is 5.75 Å². The van der Waals surface area contributed by atoms with Gasteiger partial charge in [0.2, 0.25) is 11.8 Å². The van der Waals surface area contributed by atoms with Gasteiger partial charge in [0.15, 0.2) is 11.3 Å². The molecule has 6 heterocycles. The second-order valence-electron chi connectivity index (χ2n) is 16.4. The number of carbonyl (C=O) groups is 5. The first-order valence-electron chi connectivity index (χ1n) is 19.9. The van der Waals surface area contributed by atoms with E-state index in [1.54, 1.807) is 54.6 Å². The van der Waals surface area contributed by atoms with Gasteiger partial charge in [-0.2, -0.15) is 19.2 Å². The Balaban J connectivity index is 0.000000169. The molecular formula is C42H44ClN11O7. The van der Waals surface area contributed by atoms with Gasteiger partial charge >= 0.3 is 6.09 Å². The zero-order valence-electron chi connectivity index (χ0n) is 34.1. The third kappa shape index (κ3) is 9.64. The molecule has 0 spiro atoms. The molecular weight excluding hydrogens is 806 g/mol. The Bertz CT molecular complexity index is 2650. The van der Waals surface area contributed by atoms with Crippen LogP contribution in [0.2, 0.25) is 5.15 Å². The maximum Gasteiger partial charge on any atom is 0.416 e. The average Bonchev–Trinajstić information content (AvgIpc) is 4.05. The van der Waals surface area contributed by atoms with E-state index in [0.717, 1.165) is 42.9 Å². The first-order chi connectivity index (χ1) is 29.1. The molecule has 61 heavy (non-hydrogen) atoms. The van der Waals surface area contributed by atoms with Crippen molar-refractivity contribution in [2.75, 3.05) is 15.5 Å². The highest BCUT2D eigenvalue weighted by Gasteiger charge is 2.38. The van der Waals surface area contributed by atoms with Crippen LogP contribution >= 0.6 is 11.6 Å². The Labute approximate surface area is 354 Å². The minimum absolute atomic E-state index is 0.00393. The van der Waals surface area contributed by atoms with Crippen molar-refractivity contribution in [2.24, 2.45) is 0 Å². The van der Waals surface area contributed by atoms with Crippen LogP contribution in [0.5, 0.6) is 5.75 Å². The summed E-state index contributed by atoms with van der Waals surface area (Å²) < 4.78 is 14.5. The Morgan fingerprint density at radius 1 is 0.869 bits per heavy atom. The summed E-state index contributed by atoms with van der Waals surface area (Å²) in [6.07, 6.45) is 10.0. The van der Waals surface area contributed by atoms with Gasteiger partial charge in [-0.05, 0) is 96.7 Å². The Hall–Kier alpha value is -6.82. The summed E-state index contributed by atoms with van der Waals surface area (Å²) in [7, 11) is 0. The summed E-state index contributed by atoms with van der Waals surface area (Å²) in [5.74, 6) is 1.24. The third-order valence-corrected chi connectivity index (χ3v) is 9.77. The third-order valence-electron chi connectivity index (χ3n) is 9.58. The zero-order chi connectivity index (χ0) is 43.2. The van der Waals surface area contributed by atoms with E-state index in [1.165, 1.54) is 10.7 Å². The van der Waals surface area contributed by atoms with Gasteiger partial charge in [0.1, 0.15) is 34.0 Å². The van der Waals surface area contributed by atoms with E-state index < -0.39 is 17.6 Å².